The molecule has 2 saturated carbocycles. The number of anilines is 1. The molecule has 14 heteroatoms. The van der Waals surface area contributed by atoms with Crippen molar-refractivity contribution in [2.24, 2.45) is 5.92 Å². The fourth-order valence-corrected chi connectivity index (χ4v) is 8.10. The van der Waals surface area contributed by atoms with Gasteiger partial charge in [-0.15, -0.1) is 11.3 Å². The minimum Gasteiger partial charge on any atom is -0.369 e. The normalized spacial score (nSPS) is 22.9. The summed E-state index contributed by atoms with van der Waals surface area (Å²) in [6.45, 7) is 0.823. The number of halogens is 3. The van der Waals surface area contributed by atoms with Crippen LogP contribution in [-0.2, 0) is 20.8 Å². The lowest BCUT2D eigenvalue weighted by Gasteiger charge is -2.31. The highest BCUT2D eigenvalue weighted by Gasteiger charge is 2.47. The van der Waals surface area contributed by atoms with Gasteiger partial charge in [0.15, 0.2) is 9.84 Å². The van der Waals surface area contributed by atoms with Crippen molar-refractivity contribution in [1.29, 1.82) is 5.26 Å². The molecule has 3 aromatic rings. The summed E-state index contributed by atoms with van der Waals surface area (Å²) in [7, 11) is -3.02. The molecule has 0 bridgehead atoms. The molecule has 1 saturated heterocycles. The van der Waals surface area contributed by atoms with E-state index in [1.54, 1.807) is 0 Å². The molecule has 226 valence electrons. The summed E-state index contributed by atoms with van der Waals surface area (Å²) in [5.74, 6) is -1.84. The third kappa shape index (κ3) is 6.24. The van der Waals surface area contributed by atoms with Gasteiger partial charge in [-0.1, -0.05) is 25.0 Å². The number of nitrogens with one attached hydrogen (secondary N) is 1. The molecule has 2 atom stereocenters. The predicted molar refractivity (Wildman–Crippen MR) is 155 cm³/mol. The molecule has 6 rings (SSSR count). The fourth-order valence-electron chi connectivity index (χ4n) is 5.78. The van der Waals surface area contributed by atoms with Gasteiger partial charge in [0, 0.05) is 48.6 Å². The highest BCUT2D eigenvalue weighted by molar-refractivity contribution is 7.91. The van der Waals surface area contributed by atoms with Crippen molar-refractivity contribution < 1.29 is 26.4 Å². The van der Waals surface area contributed by atoms with Crippen molar-refractivity contribution in [1.82, 2.24) is 20.3 Å². The Hall–Kier alpha value is -3.57. The number of nitriles is 1. The number of nitrogens with zero attached hydrogens (tertiary/aromatic N) is 5. The summed E-state index contributed by atoms with van der Waals surface area (Å²) in [4.78, 5) is 28.2. The van der Waals surface area contributed by atoms with Crippen molar-refractivity contribution in [3.05, 3.63) is 48.2 Å². The molecule has 0 radical (unpaired) electrons. The molecule has 3 fully saturated rings. The van der Waals surface area contributed by atoms with Crippen LogP contribution in [0.15, 0.2) is 36.7 Å². The summed E-state index contributed by atoms with van der Waals surface area (Å²) in [6, 6.07) is 9.91. The maximum atomic E-state index is 13.5. The molecule has 1 aliphatic heterocycles. The zero-order chi connectivity index (χ0) is 30.4. The first-order valence-electron chi connectivity index (χ1n) is 14.2. The van der Waals surface area contributed by atoms with Crippen LogP contribution in [0.3, 0.4) is 0 Å². The van der Waals surface area contributed by atoms with E-state index in [4.69, 9.17) is 4.98 Å². The van der Waals surface area contributed by atoms with E-state index in [9.17, 15) is 31.6 Å². The Labute approximate surface area is 251 Å². The Bertz CT molecular complexity index is 1650. The van der Waals surface area contributed by atoms with Gasteiger partial charge in [-0.05, 0) is 43.4 Å². The largest absolute Gasteiger partial charge is 0.451 e. The number of hydrogen-bond donors (Lipinski definition) is 1. The molecule has 2 aliphatic carbocycles. The molecule has 1 amide bonds. The van der Waals surface area contributed by atoms with Gasteiger partial charge >= 0.3 is 6.18 Å². The van der Waals surface area contributed by atoms with E-state index >= 15 is 0 Å². The second-order valence-electron chi connectivity index (χ2n) is 11.4. The highest BCUT2D eigenvalue weighted by Crippen LogP contribution is 2.46. The Balaban J connectivity index is 1.35. The SMILES string of the molecule is N#CC1(NC(=O)[C@@H]2CCCC[C@H]2c2nc(-c3cnc(C(F)(F)F)nc3)sc2-c2ccc(N3CCS(=O)(=O)CC3)cc2)CC1. The lowest BCUT2D eigenvalue weighted by molar-refractivity contribution is -0.145. The van der Waals surface area contributed by atoms with Crippen molar-refractivity contribution in [2.45, 2.75) is 56.2 Å². The molecule has 0 spiro atoms. The van der Waals surface area contributed by atoms with Crippen LogP contribution in [0.5, 0.6) is 0 Å². The van der Waals surface area contributed by atoms with Gasteiger partial charge in [-0.25, -0.2) is 23.4 Å². The van der Waals surface area contributed by atoms with Crippen LogP contribution >= 0.6 is 11.3 Å². The lowest BCUT2D eigenvalue weighted by Crippen LogP contribution is -2.42. The molecule has 3 heterocycles. The van der Waals surface area contributed by atoms with E-state index in [2.05, 4.69) is 21.4 Å². The van der Waals surface area contributed by atoms with E-state index in [-0.39, 0.29) is 23.3 Å². The van der Waals surface area contributed by atoms with Crippen LogP contribution in [0, 0.1) is 17.2 Å². The van der Waals surface area contributed by atoms with Gasteiger partial charge in [-0.2, -0.15) is 18.4 Å². The summed E-state index contributed by atoms with van der Waals surface area (Å²) < 4.78 is 63.0. The maximum absolute atomic E-state index is 13.5. The highest BCUT2D eigenvalue weighted by atomic mass is 32.2. The predicted octanol–water partition coefficient (Wildman–Crippen LogP) is 4.97. The molecule has 2 aromatic heterocycles. The van der Waals surface area contributed by atoms with Crippen LogP contribution in [-0.4, -0.2) is 59.4 Å². The van der Waals surface area contributed by atoms with Gasteiger partial charge in [0.05, 0.1) is 28.1 Å². The Morgan fingerprint density at radius 1 is 1.05 bits per heavy atom. The first-order valence-corrected chi connectivity index (χ1v) is 16.8. The van der Waals surface area contributed by atoms with Crippen LogP contribution in [0.4, 0.5) is 18.9 Å². The number of benzene rings is 1. The quantitative estimate of drug-likeness (QED) is 0.405. The van der Waals surface area contributed by atoms with Gasteiger partial charge in [-0.3, -0.25) is 4.79 Å². The maximum Gasteiger partial charge on any atom is 0.451 e. The third-order valence-electron chi connectivity index (χ3n) is 8.43. The topological polar surface area (TPSA) is 129 Å². The average Bonchev–Trinajstić information content (AvgIpc) is 3.63. The number of sulfone groups is 1. The second kappa shape index (κ2) is 11.2. The van der Waals surface area contributed by atoms with Crippen LogP contribution in [0.1, 0.15) is 56.0 Å². The van der Waals surface area contributed by atoms with E-state index in [1.807, 2.05) is 29.2 Å². The second-order valence-corrected chi connectivity index (χ2v) is 14.7. The van der Waals surface area contributed by atoms with Crippen LogP contribution in [0.2, 0.25) is 0 Å². The molecular formula is C29H29F3N6O3S2. The lowest BCUT2D eigenvalue weighted by atomic mass is 9.76. The van der Waals surface area contributed by atoms with E-state index in [0.29, 0.717) is 55.0 Å². The van der Waals surface area contributed by atoms with E-state index in [0.717, 1.165) is 41.4 Å². The number of hydrogen-bond acceptors (Lipinski definition) is 9. The van der Waals surface area contributed by atoms with Gasteiger partial charge in [0.2, 0.25) is 11.7 Å². The van der Waals surface area contributed by atoms with Crippen molar-refractivity contribution in [3.63, 3.8) is 0 Å². The molecule has 0 unspecified atom stereocenters. The summed E-state index contributed by atoms with van der Waals surface area (Å²) in [6.07, 6.45) is 1.93. The number of alkyl halides is 3. The Kier molecular flexibility index (Phi) is 7.66. The third-order valence-corrected chi connectivity index (χ3v) is 11.2. The smallest absolute Gasteiger partial charge is 0.369 e. The molecule has 1 aromatic carbocycles. The molecule has 3 aliphatic rings. The standard InChI is InChI=1S/C29H29F3N6O3S2/c30-29(31,32)27-34-15-19(16-35-27)26-36-23(21-3-1-2-4-22(21)25(39)37-28(17-33)9-10-28)24(42-26)18-5-7-20(8-6-18)38-11-13-43(40,41)14-12-38/h5-8,15-16,21-22H,1-4,9-14H2,(H,37,39)/t21-,22-/m1/s1. The minimum atomic E-state index is -4.66. The molecule has 43 heavy (non-hydrogen) atoms. The van der Waals surface area contributed by atoms with Gasteiger partial charge < -0.3 is 10.2 Å². The number of carbonyl (C=O) groups excluding carboxylic acids is 1. The monoisotopic (exact) mass is 630 g/mol. The first-order chi connectivity index (χ1) is 20.5. The summed E-state index contributed by atoms with van der Waals surface area (Å²) in [5.41, 5.74) is 1.96. The summed E-state index contributed by atoms with van der Waals surface area (Å²) in [5, 5.41) is 12.9. The minimum absolute atomic E-state index is 0.102. The number of amides is 1. The first kappa shape index (κ1) is 29.5. The van der Waals surface area contributed by atoms with Gasteiger partial charge in [0.25, 0.3) is 0 Å². The van der Waals surface area contributed by atoms with E-state index < -0.39 is 33.3 Å². The number of carbonyl (C=O) groups is 1. The number of rotatable bonds is 6. The Morgan fingerprint density at radius 3 is 2.30 bits per heavy atom. The molecule has 1 N–H and O–H groups in total. The van der Waals surface area contributed by atoms with Crippen LogP contribution in [0.25, 0.3) is 21.0 Å². The average molecular weight is 631 g/mol. The number of thiazole rings is 1. The van der Waals surface area contributed by atoms with Crippen molar-refractivity contribution in [3.8, 4) is 27.1 Å². The zero-order valence-electron chi connectivity index (χ0n) is 23.1. The fraction of sp³-hybridized carbons (Fsp3) is 0.483. The van der Waals surface area contributed by atoms with E-state index in [1.165, 1.54) is 11.3 Å². The Morgan fingerprint density at radius 2 is 1.70 bits per heavy atom. The van der Waals surface area contributed by atoms with Crippen molar-refractivity contribution in [2.75, 3.05) is 29.5 Å². The summed E-state index contributed by atoms with van der Waals surface area (Å²) >= 11 is 1.31. The zero-order valence-corrected chi connectivity index (χ0v) is 24.7. The van der Waals surface area contributed by atoms with Crippen LogP contribution < -0.4 is 10.2 Å². The van der Waals surface area contributed by atoms with Gasteiger partial charge in [0.1, 0.15) is 10.5 Å². The molecular weight excluding hydrogens is 601 g/mol. The van der Waals surface area contributed by atoms with Crippen molar-refractivity contribution >= 4 is 32.8 Å². The number of aromatic nitrogens is 3. The molecule has 9 nitrogen and oxygen atoms in total.